The Morgan fingerprint density at radius 1 is 1.18 bits per heavy atom. The number of rotatable bonds is 2. The quantitative estimate of drug-likeness (QED) is 0.796. The van der Waals surface area contributed by atoms with Gasteiger partial charge in [-0.1, -0.05) is 32.1 Å². The number of carbonyl (C=O) groups is 1. The first kappa shape index (κ1) is 12.1. The highest BCUT2D eigenvalue weighted by Crippen LogP contribution is 2.26. The van der Waals surface area contributed by atoms with E-state index in [0.29, 0.717) is 11.4 Å². The first-order valence-electron chi connectivity index (χ1n) is 6.54. The van der Waals surface area contributed by atoms with Gasteiger partial charge in [-0.2, -0.15) is 0 Å². The number of anilines is 1. The number of hydrogen-bond donors (Lipinski definition) is 1. The van der Waals surface area contributed by atoms with Crippen LogP contribution in [0.15, 0.2) is 18.3 Å². The second kappa shape index (κ2) is 5.80. The van der Waals surface area contributed by atoms with Gasteiger partial charge in [0, 0.05) is 12.1 Å². The largest absolute Gasteiger partial charge is 0.383 e. The standard InChI is InChI=1S/C14H20N2O/c15-14-12(9-6-10-16-14)13(17)11-7-4-2-1-3-5-8-11/h6,9-11H,1-5,7-8H2,(H2,15,16). The molecule has 2 rings (SSSR count). The topological polar surface area (TPSA) is 56.0 Å². The summed E-state index contributed by atoms with van der Waals surface area (Å²) in [5.74, 6) is 0.721. The van der Waals surface area contributed by atoms with Crippen LogP contribution in [0.1, 0.15) is 55.3 Å². The Morgan fingerprint density at radius 3 is 2.47 bits per heavy atom. The van der Waals surface area contributed by atoms with Crippen LogP contribution in [0.2, 0.25) is 0 Å². The van der Waals surface area contributed by atoms with E-state index < -0.39 is 0 Å². The highest BCUT2D eigenvalue weighted by Gasteiger charge is 2.22. The van der Waals surface area contributed by atoms with Crippen molar-refractivity contribution in [3.05, 3.63) is 23.9 Å². The minimum absolute atomic E-state index is 0.154. The zero-order valence-electron chi connectivity index (χ0n) is 10.2. The van der Waals surface area contributed by atoms with Crippen LogP contribution in [0, 0.1) is 5.92 Å². The Balaban J connectivity index is 2.10. The molecule has 1 fully saturated rings. The molecule has 0 amide bonds. The molecule has 92 valence electrons. The molecule has 0 unspecified atom stereocenters. The average Bonchev–Trinajstić information content (AvgIpc) is 2.28. The number of nitrogen functional groups attached to an aromatic ring is 1. The van der Waals surface area contributed by atoms with Gasteiger partial charge in [0.25, 0.3) is 0 Å². The third-order valence-electron chi connectivity index (χ3n) is 3.58. The Hall–Kier alpha value is -1.38. The van der Waals surface area contributed by atoms with E-state index in [0.717, 1.165) is 25.7 Å². The summed E-state index contributed by atoms with van der Waals surface area (Å²) in [6.45, 7) is 0. The van der Waals surface area contributed by atoms with Crippen LogP contribution in [0.25, 0.3) is 0 Å². The molecule has 1 saturated carbocycles. The molecule has 2 N–H and O–H groups in total. The van der Waals surface area contributed by atoms with Gasteiger partial charge in [-0.25, -0.2) is 4.98 Å². The van der Waals surface area contributed by atoms with E-state index in [1.165, 1.54) is 19.3 Å². The lowest BCUT2D eigenvalue weighted by Gasteiger charge is -2.18. The lowest BCUT2D eigenvalue weighted by molar-refractivity contribution is 0.0899. The second-order valence-electron chi connectivity index (χ2n) is 4.84. The van der Waals surface area contributed by atoms with Crippen LogP contribution >= 0.6 is 0 Å². The van der Waals surface area contributed by atoms with Crippen LogP contribution in [-0.4, -0.2) is 10.8 Å². The molecular weight excluding hydrogens is 212 g/mol. The maximum atomic E-state index is 12.4. The molecule has 0 atom stereocenters. The van der Waals surface area contributed by atoms with Crippen molar-refractivity contribution in [1.29, 1.82) is 0 Å². The van der Waals surface area contributed by atoms with Crippen LogP contribution in [-0.2, 0) is 0 Å². The second-order valence-corrected chi connectivity index (χ2v) is 4.84. The third-order valence-corrected chi connectivity index (χ3v) is 3.58. The summed E-state index contributed by atoms with van der Waals surface area (Å²) < 4.78 is 0. The molecule has 1 aromatic heterocycles. The third kappa shape index (κ3) is 3.05. The molecule has 3 nitrogen and oxygen atoms in total. The minimum Gasteiger partial charge on any atom is -0.383 e. The van der Waals surface area contributed by atoms with E-state index >= 15 is 0 Å². The Labute approximate surface area is 102 Å². The van der Waals surface area contributed by atoms with Crippen molar-refractivity contribution in [2.45, 2.75) is 44.9 Å². The van der Waals surface area contributed by atoms with Crippen molar-refractivity contribution < 1.29 is 4.79 Å². The Bertz CT molecular complexity index is 382. The van der Waals surface area contributed by atoms with E-state index in [1.807, 2.05) is 0 Å². The van der Waals surface area contributed by atoms with Crippen LogP contribution in [0.4, 0.5) is 5.82 Å². The van der Waals surface area contributed by atoms with Crippen LogP contribution < -0.4 is 5.73 Å². The molecule has 3 heteroatoms. The summed E-state index contributed by atoms with van der Waals surface area (Å²) in [6.07, 6.45) is 9.80. The summed E-state index contributed by atoms with van der Waals surface area (Å²) in [7, 11) is 0. The predicted octanol–water partition coefficient (Wildman–Crippen LogP) is 3.21. The predicted molar refractivity (Wildman–Crippen MR) is 68.8 cm³/mol. The maximum absolute atomic E-state index is 12.4. The van der Waals surface area contributed by atoms with Crippen LogP contribution in [0.5, 0.6) is 0 Å². The van der Waals surface area contributed by atoms with Gasteiger partial charge in [-0.3, -0.25) is 4.79 Å². The summed E-state index contributed by atoms with van der Waals surface area (Å²) in [4.78, 5) is 16.4. The van der Waals surface area contributed by atoms with Crippen molar-refractivity contribution in [3.8, 4) is 0 Å². The summed E-state index contributed by atoms with van der Waals surface area (Å²) in [5, 5.41) is 0. The lowest BCUT2D eigenvalue weighted by atomic mass is 9.86. The van der Waals surface area contributed by atoms with Gasteiger partial charge in [0.15, 0.2) is 5.78 Å². The fraction of sp³-hybridized carbons (Fsp3) is 0.571. The molecule has 17 heavy (non-hydrogen) atoms. The highest BCUT2D eigenvalue weighted by atomic mass is 16.1. The minimum atomic E-state index is 0.154. The molecule has 0 aromatic carbocycles. The molecule has 1 aliphatic rings. The van der Waals surface area contributed by atoms with Crippen molar-refractivity contribution in [2.75, 3.05) is 5.73 Å². The SMILES string of the molecule is Nc1ncccc1C(=O)C1CCCCCCC1. The maximum Gasteiger partial charge on any atom is 0.169 e. The summed E-state index contributed by atoms with van der Waals surface area (Å²) in [6, 6.07) is 3.58. The Kier molecular flexibility index (Phi) is 4.13. The number of nitrogens with two attached hydrogens (primary N) is 1. The molecular formula is C14H20N2O. The normalized spacial score (nSPS) is 18.4. The average molecular weight is 232 g/mol. The summed E-state index contributed by atoms with van der Waals surface area (Å²) in [5.41, 5.74) is 6.38. The van der Waals surface area contributed by atoms with E-state index in [9.17, 15) is 4.79 Å². The first-order chi connectivity index (χ1) is 8.29. The Morgan fingerprint density at radius 2 is 1.82 bits per heavy atom. The first-order valence-corrected chi connectivity index (χ1v) is 6.54. The fourth-order valence-corrected chi connectivity index (χ4v) is 2.56. The molecule has 1 aromatic rings. The van der Waals surface area contributed by atoms with E-state index in [4.69, 9.17) is 5.73 Å². The molecule has 0 spiro atoms. The van der Waals surface area contributed by atoms with E-state index in [1.54, 1.807) is 18.3 Å². The van der Waals surface area contributed by atoms with E-state index in [-0.39, 0.29) is 11.7 Å². The van der Waals surface area contributed by atoms with Crippen molar-refractivity contribution in [3.63, 3.8) is 0 Å². The molecule has 0 saturated heterocycles. The van der Waals surface area contributed by atoms with Crippen LogP contribution in [0.3, 0.4) is 0 Å². The smallest absolute Gasteiger partial charge is 0.169 e. The molecule has 0 bridgehead atoms. The number of pyridine rings is 1. The van der Waals surface area contributed by atoms with Gasteiger partial charge in [0.2, 0.25) is 0 Å². The molecule has 1 heterocycles. The zero-order chi connectivity index (χ0) is 12.1. The number of carbonyl (C=O) groups excluding carboxylic acids is 1. The molecule has 0 aliphatic heterocycles. The number of aromatic nitrogens is 1. The summed E-state index contributed by atoms with van der Waals surface area (Å²) >= 11 is 0. The van der Waals surface area contributed by atoms with Gasteiger partial charge in [0.1, 0.15) is 5.82 Å². The number of hydrogen-bond acceptors (Lipinski definition) is 3. The number of Topliss-reactive ketones (excluding diaryl/α,β-unsaturated/α-hetero) is 1. The van der Waals surface area contributed by atoms with Gasteiger partial charge >= 0.3 is 0 Å². The van der Waals surface area contributed by atoms with Crippen molar-refractivity contribution in [2.24, 2.45) is 5.92 Å². The molecule has 1 aliphatic carbocycles. The zero-order valence-corrected chi connectivity index (χ0v) is 10.2. The molecule has 0 radical (unpaired) electrons. The van der Waals surface area contributed by atoms with E-state index in [2.05, 4.69) is 4.98 Å². The van der Waals surface area contributed by atoms with Crippen molar-refractivity contribution >= 4 is 11.6 Å². The van der Waals surface area contributed by atoms with Gasteiger partial charge in [-0.05, 0) is 25.0 Å². The number of nitrogens with zero attached hydrogens (tertiary/aromatic N) is 1. The number of ketones is 1. The lowest BCUT2D eigenvalue weighted by Crippen LogP contribution is -2.18. The van der Waals surface area contributed by atoms with Crippen molar-refractivity contribution in [1.82, 2.24) is 4.98 Å². The van der Waals surface area contributed by atoms with Gasteiger partial charge in [-0.15, -0.1) is 0 Å². The van der Waals surface area contributed by atoms with Gasteiger partial charge < -0.3 is 5.73 Å². The van der Waals surface area contributed by atoms with Gasteiger partial charge in [0.05, 0.1) is 5.56 Å². The monoisotopic (exact) mass is 232 g/mol. The fourth-order valence-electron chi connectivity index (χ4n) is 2.56. The highest BCUT2D eigenvalue weighted by molar-refractivity contribution is 6.01.